The number of alkyl halides is 3. The minimum Gasteiger partial charge on any atom is -0.351 e. The highest BCUT2D eigenvalue weighted by Crippen LogP contribution is 2.28. The molecular formula is C19H22F3N5O. The van der Waals surface area contributed by atoms with Crippen molar-refractivity contribution in [2.45, 2.75) is 38.4 Å². The predicted octanol–water partition coefficient (Wildman–Crippen LogP) is 3.15. The van der Waals surface area contributed by atoms with Gasteiger partial charge in [-0.25, -0.2) is 0 Å². The number of anilines is 1. The minimum absolute atomic E-state index is 0.0566. The summed E-state index contributed by atoms with van der Waals surface area (Å²) in [6, 6.07) is 5.77. The molecule has 3 rings (SSSR count). The molecule has 9 heteroatoms. The Labute approximate surface area is 161 Å². The van der Waals surface area contributed by atoms with Crippen LogP contribution in [0.15, 0.2) is 30.5 Å². The van der Waals surface area contributed by atoms with Crippen molar-refractivity contribution in [2.75, 3.05) is 25.0 Å². The number of pyridine rings is 1. The summed E-state index contributed by atoms with van der Waals surface area (Å²) in [6.07, 6.45) is -3.56. The molecule has 1 aliphatic rings. The summed E-state index contributed by atoms with van der Waals surface area (Å²) in [5, 5.41) is 8.51. The normalized spacial score (nSPS) is 15.3. The fraction of sp³-hybridized carbons (Fsp3) is 0.474. The van der Waals surface area contributed by atoms with Crippen LogP contribution in [0.1, 0.15) is 42.5 Å². The van der Waals surface area contributed by atoms with Gasteiger partial charge in [-0.2, -0.15) is 18.3 Å². The van der Waals surface area contributed by atoms with Crippen molar-refractivity contribution in [1.82, 2.24) is 20.1 Å². The van der Waals surface area contributed by atoms with Gasteiger partial charge in [0.1, 0.15) is 5.69 Å². The summed E-state index contributed by atoms with van der Waals surface area (Å²) in [5.74, 6) is 0.376. The van der Waals surface area contributed by atoms with Gasteiger partial charge in [-0.1, -0.05) is 20.8 Å². The zero-order valence-corrected chi connectivity index (χ0v) is 16.2. The molecule has 28 heavy (non-hydrogen) atoms. The second-order valence-corrected chi connectivity index (χ2v) is 7.93. The molecule has 1 saturated heterocycles. The maximum Gasteiger partial charge on any atom is 0.433 e. The standard InChI is InChI=1S/C19H22F3N5O/c1-18(2,3)14-7-8-16(25-24-14)27-10-13(11-27)26(4)17(28)12-5-6-15(23-9-12)19(20,21)22/h5-9,13H,10-11H2,1-4H3. The van der Waals surface area contributed by atoms with Crippen molar-refractivity contribution in [3.8, 4) is 0 Å². The molecule has 0 unspecified atom stereocenters. The number of nitrogens with zero attached hydrogens (tertiary/aromatic N) is 5. The Hall–Kier alpha value is -2.71. The van der Waals surface area contributed by atoms with Gasteiger partial charge in [0, 0.05) is 31.7 Å². The van der Waals surface area contributed by atoms with E-state index in [1.54, 1.807) is 7.05 Å². The van der Waals surface area contributed by atoms with E-state index in [0.717, 1.165) is 29.8 Å². The van der Waals surface area contributed by atoms with Crippen molar-refractivity contribution in [3.63, 3.8) is 0 Å². The molecular weight excluding hydrogens is 371 g/mol. The summed E-state index contributed by atoms with van der Waals surface area (Å²) in [6.45, 7) is 7.35. The average molecular weight is 393 g/mol. The molecule has 0 aromatic carbocycles. The van der Waals surface area contributed by atoms with Gasteiger partial charge in [-0.05, 0) is 24.3 Å². The monoisotopic (exact) mass is 393 g/mol. The molecule has 0 radical (unpaired) electrons. The van der Waals surface area contributed by atoms with Crippen LogP contribution in [0.3, 0.4) is 0 Å². The average Bonchev–Trinajstić information content (AvgIpc) is 2.59. The summed E-state index contributed by atoms with van der Waals surface area (Å²) in [4.78, 5) is 19.4. The van der Waals surface area contributed by atoms with Crippen molar-refractivity contribution in [1.29, 1.82) is 0 Å². The van der Waals surface area contributed by atoms with Crippen LogP contribution in [-0.4, -0.2) is 52.2 Å². The van der Waals surface area contributed by atoms with E-state index in [0.29, 0.717) is 13.1 Å². The molecule has 0 bridgehead atoms. The van der Waals surface area contributed by atoms with Crippen LogP contribution in [0.5, 0.6) is 0 Å². The molecule has 0 atom stereocenters. The summed E-state index contributed by atoms with van der Waals surface area (Å²) in [7, 11) is 1.64. The lowest BCUT2D eigenvalue weighted by Gasteiger charge is -2.44. The zero-order valence-electron chi connectivity index (χ0n) is 16.2. The first-order valence-electron chi connectivity index (χ1n) is 8.86. The van der Waals surface area contributed by atoms with Crippen LogP contribution in [-0.2, 0) is 11.6 Å². The lowest BCUT2D eigenvalue weighted by Crippen LogP contribution is -2.60. The Kier molecular flexibility index (Phi) is 5.03. The van der Waals surface area contributed by atoms with Gasteiger partial charge < -0.3 is 9.80 Å². The van der Waals surface area contributed by atoms with Gasteiger partial charge in [0.25, 0.3) is 5.91 Å². The molecule has 0 spiro atoms. The van der Waals surface area contributed by atoms with E-state index in [2.05, 4.69) is 36.0 Å². The zero-order chi connectivity index (χ0) is 20.7. The van der Waals surface area contributed by atoms with Gasteiger partial charge in [0.2, 0.25) is 0 Å². The van der Waals surface area contributed by atoms with Crippen molar-refractivity contribution < 1.29 is 18.0 Å². The minimum atomic E-state index is -4.52. The van der Waals surface area contributed by atoms with Crippen LogP contribution in [0.4, 0.5) is 19.0 Å². The van der Waals surface area contributed by atoms with Gasteiger partial charge in [-0.3, -0.25) is 9.78 Å². The smallest absolute Gasteiger partial charge is 0.351 e. The van der Waals surface area contributed by atoms with E-state index in [1.807, 2.05) is 17.0 Å². The molecule has 6 nitrogen and oxygen atoms in total. The maximum absolute atomic E-state index is 12.6. The Balaban J connectivity index is 1.60. The largest absolute Gasteiger partial charge is 0.433 e. The van der Waals surface area contributed by atoms with E-state index < -0.39 is 11.9 Å². The quantitative estimate of drug-likeness (QED) is 0.802. The van der Waals surface area contributed by atoms with Crippen LogP contribution in [0, 0.1) is 0 Å². The first-order valence-corrected chi connectivity index (χ1v) is 8.86. The highest BCUT2D eigenvalue weighted by atomic mass is 19.4. The lowest BCUT2D eigenvalue weighted by atomic mass is 9.92. The highest BCUT2D eigenvalue weighted by Gasteiger charge is 2.35. The van der Waals surface area contributed by atoms with Crippen LogP contribution in [0.2, 0.25) is 0 Å². The molecule has 0 saturated carbocycles. The third-order valence-corrected chi connectivity index (χ3v) is 4.77. The number of rotatable bonds is 3. The van der Waals surface area contributed by atoms with E-state index in [9.17, 15) is 18.0 Å². The van der Waals surface area contributed by atoms with Gasteiger partial charge >= 0.3 is 6.18 Å². The van der Waals surface area contributed by atoms with Crippen molar-refractivity contribution >= 4 is 11.7 Å². The molecule has 1 amide bonds. The molecule has 1 fully saturated rings. The molecule has 0 N–H and O–H groups in total. The van der Waals surface area contributed by atoms with Crippen LogP contribution < -0.4 is 4.90 Å². The number of hydrogen-bond acceptors (Lipinski definition) is 5. The number of hydrogen-bond donors (Lipinski definition) is 0. The topological polar surface area (TPSA) is 62.2 Å². The number of aromatic nitrogens is 3. The Bertz CT molecular complexity index is 838. The Morgan fingerprint density at radius 3 is 2.18 bits per heavy atom. The van der Waals surface area contributed by atoms with E-state index >= 15 is 0 Å². The molecule has 150 valence electrons. The van der Waals surface area contributed by atoms with Gasteiger partial charge in [0.15, 0.2) is 5.82 Å². The molecule has 0 aliphatic carbocycles. The predicted molar refractivity (Wildman–Crippen MR) is 98.1 cm³/mol. The summed E-state index contributed by atoms with van der Waals surface area (Å²) in [5.41, 5.74) is -0.0665. The Morgan fingerprint density at radius 2 is 1.71 bits per heavy atom. The molecule has 2 aromatic rings. The number of carbonyl (C=O) groups excluding carboxylic acids is 1. The third-order valence-electron chi connectivity index (χ3n) is 4.77. The summed E-state index contributed by atoms with van der Waals surface area (Å²) < 4.78 is 37.8. The molecule has 2 aromatic heterocycles. The first-order chi connectivity index (χ1) is 13.0. The second-order valence-electron chi connectivity index (χ2n) is 7.93. The number of halogens is 3. The molecule has 3 heterocycles. The highest BCUT2D eigenvalue weighted by molar-refractivity contribution is 5.94. The maximum atomic E-state index is 12.6. The summed E-state index contributed by atoms with van der Waals surface area (Å²) >= 11 is 0. The number of carbonyl (C=O) groups is 1. The van der Waals surface area contributed by atoms with Gasteiger partial charge in [-0.15, -0.1) is 5.10 Å². The molecule has 1 aliphatic heterocycles. The van der Waals surface area contributed by atoms with E-state index in [4.69, 9.17) is 0 Å². The third kappa shape index (κ3) is 4.07. The lowest BCUT2D eigenvalue weighted by molar-refractivity contribution is -0.141. The second kappa shape index (κ2) is 7.03. The number of amides is 1. The SMILES string of the molecule is CN(C(=O)c1ccc(C(F)(F)F)nc1)C1CN(c2ccc(C(C)(C)C)nn2)C1. The fourth-order valence-corrected chi connectivity index (χ4v) is 2.84. The first kappa shape index (κ1) is 20.0. The number of likely N-dealkylation sites (N-methyl/N-ethyl adjacent to an activating group) is 1. The van der Waals surface area contributed by atoms with Crippen LogP contribution in [0.25, 0.3) is 0 Å². The van der Waals surface area contributed by atoms with Crippen molar-refractivity contribution in [3.05, 3.63) is 47.4 Å². The van der Waals surface area contributed by atoms with E-state index in [-0.39, 0.29) is 22.9 Å². The van der Waals surface area contributed by atoms with Crippen molar-refractivity contribution in [2.24, 2.45) is 0 Å². The van der Waals surface area contributed by atoms with Gasteiger partial charge in [0.05, 0.1) is 17.3 Å². The Morgan fingerprint density at radius 1 is 1.07 bits per heavy atom. The van der Waals surface area contributed by atoms with Crippen LogP contribution >= 0.6 is 0 Å². The fourth-order valence-electron chi connectivity index (χ4n) is 2.84. The van der Waals surface area contributed by atoms with E-state index in [1.165, 1.54) is 4.90 Å².